The fourth-order valence-corrected chi connectivity index (χ4v) is 2.24. The van der Waals surface area contributed by atoms with Gasteiger partial charge in [0.15, 0.2) is 5.72 Å². The van der Waals surface area contributed by atoms with Crippen LogP contribution in [0.5, 0.6) is 0 Å². The molecule has 0 aliphatic carbocycles. The largest absolute Gasteiger partial charge is 0.388 e. The molecule has 0 spiro atoms. The van der Waals surface area contributed by atoms with Gasteiger partial charge in [0.05, 0.1) is 6.61 Å². The van der Waals surface area contributed by atoms with Crippen LogP contribution in [-0.4, -0.2) is 43.6 Å². The van der Waals surface area contributed by atoms with E-state index in [1.165, 1.54) is 6.33 Å². The summed E-state index contributed by atoms with van der Waals surface area (Å²) < 4.78 is 7.25. The van der Waals surface area contributed by atoms with E-state index < -0.39 is 17.9 Å². The quantitative estimate of drug-likeness (QED) is 0.719. The summed E-state index contributed by atoms with van der Waals surface area (Å²) in [5.41, 5.74) is -0.314. The minimum atomic E-state index is -0.991. The lowest BCUT2D eigenvalue weighted by molar-refractivity contribution is -0.107. The van der Waals surface area contributed by atoms with Crippen molar-refractivity contribution in [3.63, 3.8) is 0 Å². The van der Waals surface area contributed by atoms with Gasteiger partial charge in [0.1, 0.15) is 24.2 Å². The molecule has 90 valence electrons. The first-order chi connectivity index (χ1) is 8.13. The molecule has 3 heterocycles. The molecule has 0 amide bonds. The third kappa shape index (κ3) is 1.38. The van der Waals surface area contributed by atoms with Gasteiger partial charge >= 0.3 is 0 Å². The monoisotopic (exact) mass is 235 g/mol. The van der Waals surface area contributed by atoms with E-state index in [2.05, 4.69) is 9.97 Å². The normalized spacial score (nSPS) is 33.4. The number of hydrogen-bond acceptors (Lipinski definition) is 5. The van der Waals surface area contributed by atoms with Crippen molar-refractivity contribution in [3.8, 4) is 0 Å². The van der Waals surface area contributed by atoms with Crippen LogP contribution >= 0.6 is 0 Å². The van der Waals surface area contributed by atoms with Crippen LogP contribution in [0.25, 0.3) is 11.0 Å². The highest BCUT2D eigenvalue weighted by Gasteiger charge is 2.47. The van der Waals surface area contributed by atoms with Crippen LogP contribution in [-0.2, 0) is 10.5 Å². The molecule has 2 N–H and O–H groups in total. The van der Waals surface area contributed by atoms with Gasteiger partial charge in [-0.25, -0.2) is 9.97 Å². The van der Waals surface area contributed by atoms with Crippen molar-refractivity contribution in [2.24, 2.45) is 0 Å². The molecule has 17 heavy (non-hydrogen) atoms. The van der Waals surface area contributed by atoms with Crippen molar-refractivity contribution in [1.29, 1.82) is 0 Å². The third-order valence-electron chi connectivity index (χ3n) is 3.29. The summed E-state index contributed by atoms with van der Waals surface area (Å²) in [4.78, 5) is 8.10. The molecule has 2 aromatic heterocycles. The van der Waals surface area contributed by atoms with E-state index in [1.54, 1.807) is 23.9 Å². The van der Waals surface area contributed by atoms with Crippen molar-refractivity contribution in [3.05, 3.63) is 24.8 Å². The fourth-order valence-electron chi connectivity index (χ4n) is 2.24. The molecule has 3 atom stereocenters. The molecule has 1 fully saturated rings. The molecule has 6 heteroatoms. The van der Waals surface area contributed by atoms with E-state index in [1.807, 2.05) is 6.07 Å². The van der Waals surface area contributed by atoms with Gasteiger partial charge in [-0.1, -0.05) is 0 Å². The molecule has 3 rings (SSSR count). The number of fused-ring (bicyclic) bond motifs is 1. The lowest BCUT2D eigenvalue weighted by Gasteiger charge is -2.29. The minimum Gasteiger partial charge on any atom is -0.388 e. The SMILES string of the molecule is C[C@]1(n2ccc3cncnc32)OC[C@H](O)[C@@H]1O. The standard InChI is InChI=1S/C11H13N3O3/c1-11(9(16)8(15)5-17-11)14-3-2-7-4-12-6-13-10(7)14/h2-4,6,8-9,15-16H,5H2,1H3/t8-,9-,11-/m0/s1. The molecular weight excluding hydrogens is 222 g/mol. The highest BCUT2D eigenvalue weighted by molar-refractivity contribution is 5.75. The summed E-state index contributed by atoms with van der Waals surface area (Å²) in [7, 11) is 0. The number of hydrogen-bond donors (Lipinski definition) is 2. The van der Waals surface area contributed by atoms with Gasteiger partial charge in [-0.15, -0.1) is 0 Å². The third-order valence-corrected chi connectivity index (χ3v) is 3.29. The molecule has 1 aliphatic heterocycles. The summed E-state index contributed by atoms with van der Waals surface area (Å²) in [6.45, 7) is 1.85. The number of aromatic nitrogens is 3. The van der Waals surface area contributed by atoms with Gasteiger partial charge in [0.2, 0.25) is 0 Å². The van der Waals surface area contributed by atoms with Gasteiger partial charge in [0.25, 0.3) is 0 Å². The van der Waals surface area contributed by atoms with Crippen molar-refractivity contribution in [2.45, 2.75) is 24.9 Å². The van der Waals surface area contributed by atoms with E-state index in [0.29, 0.717) is 5.65 Å². The maximum atomic E-state index is 10.0. The second-order valence-corrected chi connectivity index (χ2v) is 4.37. The van der Waals surface area contributed by atoms with Crippen molar-refractivity contribution < 1.29 is 14.9 Å². The zero-order valence-corrected chi connectivity index (χ0v) is 9.32. The Bertz CT molecular complexity index is 556. The van der Waals surface area contributed by atoms with Crippen LogP contribution in [0.15, 0.2) is 24.8 Å². The van der Waals surface area contributed by atoms with Gasteiger partial charge < -0.3 is 19.5 Å². The number of aliphatic hydroxyl groups excluding tert-OH is 2. The first-order valence-electron chi connectivity index (χ1n) is 5.40. The van der Waals surface area contributed by atoms with Crippen LogP contribution < -0.4 is 0 Å². The number of rotatable bonds is 1. The van der Waals surface area contributed by atoms with Crippen LogP contribution in [0.2, 0.25) is 0 Å². The van der Waals surface area contributed by atoms with Gasteiger partial charge in [0, 0.05) is 17.8 Å². The Balaban J connectivity index is 2.15. The summed E-state index contributed by atoms with van der Waals surface area (Å²) in [6, 6.07) is 1.85. The zero-order chi connectivity index (χ0) is 12.0. The molecule has 0 aromatic carbocycles. The predicted molar refractivity (Wildman–Crippen MR) is 59.1 cm³/mol. The van der Waals surface area contributed by atoms with Crippen LogP contribution in [0.4, 0.5) is 0 Å². The molecular formula is C11H13N3O3. The predicted octanol–water partition coefficient (Wildman–Crippen LogP) is -0.144. The average molecular weight is 235 g/mol. The summed E-state index contributed by atoms with van der Waals surface area (Å²) in [6.07, 6.45) is 3.06. The van der Waals surface area contributed by atoms with E-state index in [-0.39, 0.29) is 6.61 Å². The number of ether oxygens (including phenoxy) is 1. The molecule has 2 aromatic rings. The molecule has 0 bridgehead atoms. The fraction of sp³-hybridized carbons (Fsp3) is 0.455. The summed E-state index contributed by atoms with van der Waals surface area (Å²) in [5, 5.41) is 20.5. The Morgan fingerprint density at radius 2 is 2.35 bits per heavy atom. The second kappa shape index (κ2) is 3.49. The molecule has 0 unspecified atom stereocenters. The molecule has 1 saturated heterocycles. The molecule has 0 radical (unpaired) electrons. The lowest BCUT2D eigenvalue weighted by Crippen LogP contribution is -2.42. The Hall–Kier alpha value is -1.50. The molecule has 0 saturated carbocycles. The van der Waals surface area contributed by atoms with E-state index in [4.69, 9.17) is 4.74 Å². The van der Waals surface area contributed by atoms with Crippen molar-refractivity contribution in [1.82, 2.24) is 14.5 Å². The van der Waals surface area contributed by atoms with Gasteiger partial charge in [-0.2, -0.15) is 0 Å². The van der Waals surface area contributed by atoms with Crippen LogP contribution in [0.3, 0.4) is 0 Å². The second-order valence-electron chi connectivity index (χ2n) is 4.37. The molecule has 6 nitrogen and oxygen atoms in total. The maximum absolute atomic E-state index is 10.0. The highest BCUT2D eigenvalue weighted by Crippen LogP contribution is 2.33. The number of nitrogens with zero attached hydrogens (tertiary/aromatic N) is 3. The van der Waals surface area contributed by atoms with Gasteiger partial charge in [-0.05, 0) is 13.0 Å². The average Bonchev–Trinajstić information content (AvgIpc) is 2.88. The van der Waals surface area contributed by atoms with E-state index >= 15 is 0 Å². The first kappa shape index (κ1) is 10.6. The Morgan fingerprint density at radius 1 is 1.53 bits per heavy atom. The Morgan fingerprint density at radius 3 is 3.06 bits per heavy atom. The zero-order valence-electron chi connectivity index (χ0n) is 9.32. The Kier molecular flexibility index (Phi) is 2.19. The van der Waals surface area contributed by atoms with Gasteiger partial charge in [-0.3, -0.25) is 0 Å². The van der Waals surface area contributed by atoms with E-state index in [0.717, 1.165) is 5.39 Å². The highest BCUT2D eigenvalue weighted by atomic mass is 16.6. The van der Waals surface area contributed by atoms with Crippen LogP contribution in [0.1, 0.15) is 6.92 Å². The number of aliphatic hydroxyl groups is 2. The van der Waals surface area contributed by atoms with E-state index in [9.17, 15) is 10.2 Å². The maximum Gasteiger partial charge on any atom is 0.172 e. The van der Waals surface area contributed by atoms with Crippen molar-refractivity contribution in [2.75, 3.05) is 6.61 Å². The Labute approximate surface area is 97.5 Å². The van der Waals surface area contributed by atoms with Crippen LogP contribution in [0, 0.1) is 0 Å². The minimum absolute atomic E-state index is 0.114. The summed E-state index contributed by atoms with van der Waals surface area (Å²) >= 11 is 0. The summed E-state index contributed by atoms with van der Waals surface area (Å²) in [5.74, 6) is 0. The topological polar surface area (TPSA) is 80.4 Å². The smallest absolute Gasteiger partial charge is 0.172 e. The first-order valence-corrected chi connectivity index (χ1v) is 5.40. The lowest BCUT2D eigenvalue weighted by atomic mass is 10.1. The molecule has 1 aliphatic rings. The van der Waals surface area contributed by atoms with Crippen molar-refractivity contribution >= 4 is 11.0 Å².